The van der Waals surface area contributed by atoms with Crippen molar-refractivity contribution in [1.29, 1.82) is 0 Å². The van der Waals surface area contributed by atoms with Crippen LogP contribution in [0.25, 0.3) is 0 Å². The van der Waals surface area contributed by atoms with Crippen LogP contribution in [0, 0.1) is 15.0 Å². The average molecular weight is 361 g/mol. The molecule has 1 aromatic rings. The number of rotatable bonds is 8. The van der Waals surface area contributed by atoms with E-state index >= 15 is 0 Å². The number of hydrogen-bond donors (Lipinski definition) is 1. The maximum absolute atomic E-state index is 11.8. The number of carbonyl (C=O) groups is 2. The van der Waals surface area contributed by atoms with Crippen LogP contribution in [0.5, 0.6) is 0 Å². The lowest BCUT2D eigenvalue weighted by molar-refractivity contribution is -0.384. The minimum absolute atomic E-state index is 0.00818. The normalized spacial score (nSPS) is 9.96. The van der Waals surface area contributed by atoms with Gasteiger partial charge in [-0.1, -0.05) is 11.8 Å². The van der Waals surface area contributed by atoms with E-state index in [1.807, 2.05) is 0 Å². The SMILES string of the molecule is O=NN(CCCl)C(=O)NCCSC(=O)c1ccc([N+](=O)[O-])cc1. The summed E-state index contributed by atoms with van der Waals surface area (Å²) in [5, 5.41) is 15.8. The summed E-state index contributed by atoms with van der Waals surface area (Å²) in [6.45, 7) is 0.141. The minimum atomic E-state index is -0.691. The summed E-state index contributed by atoms with van der Waals surface area (Å²) in [4.78, 5) is 43.7. The van der Waals surface area contributed by atoms with Crippen LogP contribution in [-0.4, -0.2) is 45.8 Å². The molecular weight excluding hydrogens is 348 g/mol. The van der Waals surface area contributed by atoms with Gasteiger partial charge in [0.05, 0.1) is 16.8 Å². The highest BCUT2D eigenvalue weighted by Crippen LogP contribution is 2.16. The number of nitro groups is 1. The Balaban J connectivity index is 2.37. The molecule has 1 N–H and O–H groups in total. The van der Waals surface area contributed by atoms with E-state index in [0.717, 1.165) is 11.8 Å². The summed E-state index contributed by atoms with van der Waals surface area (Å²) < 4.78 is 0. The summed E-state index contributed by atoms with van der Waals surface area (Å²) in [5.74, 6) is 0.349. The predicted molar refractivity (Wildman–Crippen MR) is 86.5 cm³/mol. The fourth-order valence-corrected chi connectivity index (χ4v) is 2.31. The molecule has 0 aliphatic heterocycles. The van der Waals surface area contributed by atoms with E-state index in [2.05, 4.69) is 10.6 Å². The fraction of sp³-hybridized carbons (Fsp3) is 0.333. The number of hydrogen-bond acceptors (Lipinski definition) is 7. The van der Waals surface area contributed by atoms with Crippen molar-refractivity contribution in [2.75, 3.05) is 24.7 Å². The van der Waals surface area contributed by atoms with Crippen molar-refractivity contribution in [1.82, 2.24) is 10.3 Å². The van der Waals surface area contributed by atoms with Gasteiger partial charge in [-0.05, 0) is 12.1 Å². The molecule has 0 aliphatic carbocycles. The van der Waals surface area contributed by atoms with Gasteiger partial charge in [0.25, 0.3) is 5.69 Å². The van der Waals surface area contributed by atoms with Crippen molar-refractivity contribution in [3.8, 4) is 0 Å². The number of nitroso groups, excluding NO2 is 1. The molecule has 124 valence electrons. The maximum Gasteiger partial charge on any atom is 0.340 e. The number of nitro benzene ring substituents is 1. The van der Waals surface area contributed by atoms with E-state index in [-0.39, 0.29) is 35.5 Å². The quantitative estimate of drug-likeness (QED) is 0.250. The Kier molecular flexibility index (Phi) is 7.98. The number of carbonyl (C=O) groups excluding carboxylic acids is 2. The molecule has 2 amide bonds. The van der Waals surface area contributed by atoms with Crippen LogP contribution in [0.15, 0.2) is 29.6 Å². The molecule has 1 rings (SSSR count). The number of amides is 2. The molecule has 1 aromatic carbocycles. The molecule has 0 saturated heterocycles. The third kappa shape index (κ3) is 6.20. The Morgan fingerprint density at radius 2 is 2.00 bits per heavy atom. The molecule has 11 heteroatoms. The Labute approximate surface area is 140 Å². The van der Waals surface area contributed by atoms with Crippen LogP contribution in [0.3, 0.4) is 0 Å². The van der Waals surface area contributed by atoms with Gasteiger partial charge < -0.3 is 5.32 Å². The molecule has 0 radical (unpaired) electrons. The zero-order valence-electron chi connectivity index (χ0n) is 11.8. The minimum Gasteiger partial charge on any atom is -0.336 e. The molecule has 0 bridgehead atoms. The van der Waals surface area contributed by atoms with E-state index in [0.29, 0.717) is 10.6 Å². The molecule has 0 aliphatic rings. The van der Waals surface area contributed by atoms with Crippen molar-refractivity contribution in [2.45, 2.75) is 0 Å². The largest absolute Gasteiger partial charge is 0.340 e. The van der Waals surface area contributed by atoms with Crippen molar-refractivity contribution < 1.29 is 14.5 Å². The second-order valence-corrected chi connectivity index (χ2v) is 5.51. The van der Waals surface area contributed by atoms with Crippen LogP contribution in [0.1, 0.15) is 10.4 Å². The molecule has 0 atom stereocenters. The number of nitrogens with zero attached hydrogens (tertiary/aromatic N) is 3. The van der Waals surface area contributed by atoms with Gasteiger partial charge in [0.2, 0.25) is 5.12 Å². The van der Waals surface area contributed by atoms with Gasteiger partial charge in [0, 0.05) is 35.9 Å². The lowest BCUT2D eigenvalue weighted by atomic mass is 10.2. The van der Waals surface area contributed by atoms with Gasteiger partial charge >= 0.3 is 6.03 Å². The van der Waals surface area contributed by atoms with Crippen molar-refractivity contribution in [3.05, 3.63) is 44.9 Å². The second kappa shape index (κ2) is 9.74. The Morgan fingerprint density at radius 1 is 1.35 bits per heavy atom. The average Bonchev–Trinajstić information content (AvgIpc) is 2.56. The molecule has 0 fully saturated rings. The topological polar surface area (TPSA) is 122 Å². The van der Waals surface area contributed by atoms with Gasteiger partial charge in [0.1, 0.15) is 0 Å². The maximum atomic E-state index is 11.8. The second-order valence-electron chi connectivity index (χ2n) is 4.07. The summed E-state index contributed by atoms with van der Waals surface area (Å²) in [6, 6.07) is 4.53. The van der Waals surface area contributed by atoms with Crippen LogP contribution < -0.4 is 5.32 Å². The first-order valence-electron chi connectivity index (χ1n) is 6.35. The van der Waals surface area contributed by atoms with Crippen LogP contribution >= 0.6 is 23.4 Å². The van der Waals surface area contributed by atoms with Crippen LogP contribution in [0.4, 0.5) is 10.5 Å². The molecule has 0 heterocycles. The molecular formula is C12H13ClN4O5S. The van der Waals surface area contributed by atoms with Gasteiger partial charge in [-0.2, -0.15) is 5.01 Å². The molecule has 0 aromatic heterocycles. The smallest absolute Gasteiger partial charge is 0.336 e. The zero-order chi connectivity index (χ0) is 17.2. The summed E-state index contributed by atoms with van der Waals surface area (Å²) >= 11 is 6.35. The predicted octanol–water partition coefficient (Wildman–Crippen LogP) is 2.40. The van der Waals surface area contributed by atoms with E-state index in [9.17, 15) is 24.6 Å². The van der Waals surface area contributed by atoms with Crippen LogP contribution in [0.2, 0.25) is 0 Å². The molecule has 23 heavy (non-hydrogen) atoms. The van der Waals surface area contributed by atoms with Gasteiger partial charge in [0.15, 0.2) is 0 Å². The number of thioether (sulfide) groups is 1. The molecule has 9 nitrogen and oxygen atoms in total. The number of non-ortho nitro benzene ring substituents is 1. The van der Waals surface area contributed by atoms with E-state index in [1.54, 1.807) is 0 Å². The van der Waals surface area contributed by atoms with Crippen molar-refractivity contribution >= 4 is 40.2 Å². The lowest BCUT2D eigenvalue weighted by Crippen LogP contribution is -2.38. The molecule has 0 unspecified atom stereocenters. The van der Waals surface area contributed by atoms with Gasteiger partial charge in [-0.3, -0.25) is 14.9 Å². The first-order valence-corrected chi connectivity index (χ1v) is 7.87. The standard InChI is InChI=1S/C12H13ClN4O5S/c13-5-7-16(15-20)12(19)14-6-8-23-11(18)9-1-3-10(4-2-9)17(21)22/h1-4H,5-8H2,(H,14,19). The van der Waals surface area contributed by atoms with Gasteiger partial charge in [-0.15, -0.1) is 16.5 Å². The van der Waals surface area contributed by atoms with E-state index < -0.39 is 11.0 Å². The highest BCUT2D eigenvalue weighted by molar-refractivity contribution is 8.14. The van der Waals surface area contributed by atoms with Crippen molar-refractivity contribution in [3.63, 3.8) is 0 Å². The lowest BCUT2D eigenvalue weighted by Gasteiger charge is -2.12. The number of alkyl halides is 1. The highest BCUT2D eigenvalue weighted by Gasteiger charge is 2.13. The number of benzene rings is 1. The van der Waals surface area contributed by atoms with Crippen molar-refractivity contribution in [2.24, 2.45) is 5.29 Å². The number of nitrogens with one attached hydrogen (secondary N) is 1. The number of halogens is 1. The highest BCUT2D eigenvalue weighted by atomic mass is 35.5. The monoisotopic (exact) mass is 360 g/mol. The van der Waals surface area contributed by atoms with E-state index in [1.165, 1.54) is 24.3 Å². The number of urea groups is 1. The molecule has 0 spiro atoms. The summed E-state index contributed by atoms with van der Waals surface area (Å²) in [5.41, 5.74) is 0.227. The Morgan fingerprint density at radius 3 is 2.52 bits per heavy atom. The van der Waals surface area contributed by atoms with Crippen LogP contribution in [-0.2, 0) is 0 Å². The third-order valence-electron chi connectivity index (χ3n) is 2.55. The van der Waals surface area contributed by atoms with Gasteiger partial charge in [-0.25, -0.2) is 4.79 Å². The summed E-state index contributed by atoms with van der Waals surface area (Å²) in [6.07, 6.45) is 0. The molecule has 0 saturated carbocycles. The Bertz CT molecular complexity index is 583. The zero-order valence-corrected chi connectivity index (χ0v) is 13.4. The Hall–Kier alpha value is -2.20. The first kappa shape index (κ1) is 18.8. The third-order valence-corrected chi connectivity index (χ3v) is 3.63. The van der Waals surface area contributed by atoms with E-state index in [4.69, 9.17) is 11.6 Å². The first-order chi connectivity index (χ1) is 11.0. The summed E-state index contributed by atoms with van der Waals surface area (Å²) in [7, 11) is 0. The fourth-order valence-electron chi connectivity index (χ4n) is 1.46.